The summed E-state index contributed by atoms with van der Waals surface area (Å²) in [6.07, 6.45) is -1.59. The van der Waals surface area contributed by atoms with Gasteiger partial charge in [-0.1, -0.05) is 6.07 Å². The van der Waals surface area contributed by atoms with Crippen LogP contribution in [0.1, 0.15) is 24.8 Å². The molecule has 1 atom stereocenters. The minimum atomic E-state index is -4.29. The first kappa shape index (κ1) is 13.2. The van der Waals surface area contributed by atoms with Crippen LogP contribution in [0.3, 0.4) is 0 Å². The maximum atomic E-state index is 12.6. The normalized spacial score (nSPS) is 21.4. The topological polar surface area (TPSA) is 21.3 Å². The number of anilines is 1. The molecule has 1 aliphatic heterocycles. The lowest BCUT2D eigenvalue weighted by molar-refractivity contribution is -0.137. The van der Waals surface area contributed by atoms with Gasteiger partial charge in [0.15, 0.2) is 0 Å². The van der Waals surface area contributed by atoms with Gasteiger partial charge < -0.3 is 10.1 Å². The largest absolute Gasteiger partial charge is 0.416 e. The lowest BCUT2D eigenvalue weighted by Crippen LogP contribution is -2.19. The molecule has 1 aromatic carbocycles. The number of benzene rings is 1. The third-order valence-electron chi connectivity index (χ3n) is 3.01. The van der Waals surface area contributed by atoms with Gasteiger partial charge in [0, 0.05) is 24.9 Å². The smallest absolute Gasteiger partial charge is 0.382 e. The van der Waals surface area contributed by atoms with E-state index in [-0.39, 0.29) is 6.04 Å². The molecular formula is C13H16F3NO. The number of nitrogens with one attached hydrogen (secondary N) is 1. The summed E-state index contributed by atoms with van der Waals surface area (Å²) in [7, 11) is 0. The first-order chi connectivity index (χ1) is 8.55. The molecule has 0 radical (unpaired) electrons. The Morgan fingerprint density at radius 1 is 1.17 bits per heavy atom. The average molecular weight is 259 g/mol. The highest BCUT2D eigenvalue weighted by Gasteiger charge is 2.30. The molecule has 1 N–H and O–H groups in total. The van der Waals surface area contributed by atoms with Crippen LogP contribution >= 0.6 is 0 Å². The van der Waals surface area contributed by atoms with E-state index < -0.39 is 11.7 Å². The summed E-state index contributed by atoms with van der Waals surface area (Å²) in [5.74, 6) is 0. The molecule has 0 aliphatic carbocycles. The molecule has 0 saturated carbocycles. The second kappa shape index (κ2) is 5.61. The van der Waals surface area contributed by atoms with Crippen LogP contribution in [-0.4, -0.2) is 19.3 Å². The predicted octanol–water partition coefficient (Wildman–Crippen LogP) is 3.69. The van der Waals surface area contributed by atoms with Crippen molar-refractivity contribution in [1.82, 2.24) is 0 Å². The van der Waals surface area contributed by atoms with E-state index >= 15 is 0 Å². The molecule has 1 unspecified atom stereocenters. The van der Waals surface area contributed by atoms with Gasteiger partial charge in [-0.2, -0.15) is 13.2 Å². The molecule has 5 heteroatoms. The Hall–Kier alpha value is -1.23. The third kappa shape index (κ3) is 3.63. The summed E-state index contributed by atoms with van der Waals surface area (Å²) in [5.41, 5.74) is -0.0888. The van der Waals surface area contributed by atoms with E-state index in [1.54, 1.807) is 6.07 Å². The summed E-state index contributed by atoms with van der Waals surface area (Å²) < 4.78 is 43.0. The summed E-state index contributed by atoms with van der Waals surface area (Å²) in [6.45, 7) is 1.40. The fourth-order valence-corrected chi connectivity index (χ4v) is 2.07. The molecule has 0 aromatic heterocycles. The highest BCUT2D eigenvalue weighted by Crippen LogP contribution is 2.31. The zero-order chi connectivity index (χ0) is 13.0. The molecule has 1 aromatic rings. The lowest BCUT2D eigenvalue weighted by Gasteiger charge is -2.18. The van der Waals surface area contributed by atoms with Crippen molar-refractivity contribution in [1.29, 1.82) is 0 Å². The van der Waals surface area contributed by atoms with E-state index in [1.165, 1.54) is 6.07 Å². The predicted molar refractivity (Wildman–Crippen MR) is 63.5 cm³/mol. The third-order valence-corrected chi connectivity index (χ3v) is 3.01. The molecule has 2 rings (SSSR count). The van der Waals surface area contributed by atoms with Crippen LogP contribution in [-0.2, 0) is 10.9 Å². The summed E-state index contributed by atoms with van der Waals surface area (Å²) in [4.78, 5) is 0. The molecule has 2 nitrogen and oxygen atoms in total. The minimum absolute atomic E-state index is 0.191. The number of ether oxygens (including phenoxy) is 1. The maximum absolute atomic E-state index is 12.6. The van der Waals surface area contributed by atoms with E-state index in [0.717, 1.165) is 38.0 Å². The Labute approximate surface area is 104 Å². The molecule has 0 spiro atoms. The van der Waals surface area contributed by atoms with Crippen LogP contribution in [0, 0.1) is 0 Å². The summed E-state index contributed by atoms with van der Waals surface area (Å²) in [5, 5.41) is 3.15. The van der Waals surface area contributed by atoms with E-state index in [4.69, 9.17) is 4.74 Å². The highest BCUT2D eigenvalue weighted by molar-refractivity contribution is 5.47. The quantitative estimate of drug-likeness (QED) is 0.874. The van der Waals surface area contributed by atoms with Gasteiger partial charge in [-0.05, 0) is 37.5 Å². The van der Waals surface area contributed by atoms with Gasteiger partial charge in [-0.3, -0.25) is 0 Å². The Kier molecular flexibility index (Phi) is 4.11. The van der Waals surface area contributed by atoms with Gasteiger partial charge >= 0.3 is 6.18 Å². The number of halogens is 3. The standard InChI is InChI=1S/C13H16F3NO/c14-13(15,16)10-3-1-4-12(9-10)17-11-5-2-7-18-8-6-11/h1,3-4,9,11,17H,2,5-8H2. The van der Waals surface area contributed by atoms with Crippen molar-refractivity contribution in [3.8, 4) is 0 Å². The van der Waals surface area contributed by atoms with Crippen molar-refractivity contribution in [2.45, 2.75) is 31.5 Å². The van der Waals surface area contributed by atoms with E-state index in [0.29, 0.717) is 12.3 Å². The van der Waals surface area contributed by atoms with Crippen molar-refractivity contribution in [2.75, 3.05) is 18.5 Å². The number of hydrogen-bond acceptors (Lipinski definition) is 2. The maximum Gasteiger partial charge on any atom is 0.416 e. The van der Waals surface area contributed by atoms with Crippen molar-refractivity contribution in [3.63, 3.8) is 0 Å². The number of alkyl halides is 3. The lowest BCUT2D eigenvalue weighted by atomic mass is 10.1. The SMILES string of the molecule is FC(F)(F)c1cccc(NC2CCCOCC2)c1. The van der Waals surface area contributed by atoms with Crippen LogP contribution in [0.4, 0.5) is 18.9 Å². The number of hydrogen-bond donors (Lipinski definition) is 1. The Bertz CT molecular complexity index is 384. The van der Waals surface area contributed by atoms with Crippen molar-refractivity contribution >= 4 is 5.69 Å². The molecule has 100 valence electrons. The van der Waals surface area contributed by atoms with Gasteiger partial charge in [0.25, 0.3) is 0 Å². The first-order valence-electron chi connectivity index (χ1n) is 6.07. The second-order valence-electron chi connectivity index (χ2n) is 4.46. The summed E-state index contributed by atoms with van der Waals surface area (Å²) in [6, 6.07) is 5.53. The van der Waals surface area contributed by atoms with Gasteiger partial charge in [-0.15, -0.1) is 0 Å². The van der Waals surface area contributed by atoms with Crippen LogP contribution in [0.2, 0.25) is 0 Å². The molecule has 1 heterocycles. The Balaban J connectivity index is 2.04. The molecule has 0 amide bonds. The Morgan fingerprint density at radius 2 is 2.00 bits per heavy atom. The van der Waals surface area contributed by atoms with E-state index in [2.05, 4.69) is 5.32 Å². The molecule has 0 bridgehead atoms. The molecule has 1 fully saturated rings. The second-order valence-corrected chi connectivity index (χ2v) is 4.46. The monoisotopic (exact) mass is 259 g/mol. The van der Waals surface area contributed by atoms with Crippen LogP contribution < -0.4 is 5.32 Å². The zero-order valence-electron chi connectivity index (χ0n) is 9.96. The van der Waals surface area contributed by atoms with Crippen molar-refractivity contribution in [3.05, 3.63) is 29.8 Å². The van der Waals surface area contributed by atoms with Crippen molar-refractivity contribution < 1.29 is 17.9 Å². The number of rotatable bonds is 2. The van der Waals surface area contributed by atoms with Crippen LogP contribution in [0.15, 0.2) is 24.3 Å². The fourth-order valence-electron chi connectivity index (χ4n) is 2.07. The molecule has 1 aliphatic rings. The zero-order valence-corrected chi connectivity index (χ0v) is 9.96. The van der Waals surface area contributed by atoms with Crippen LogP contribution in [0.25, 0.3) is 0 Å². The van der Waals surface area contributed by atoms with Gasteiger partial charge in [0.2, 0.25) is 0 Å². The van der Waals surface area contributed by atoms with Gasteiger partial charge in [-0.25, -0.2) is 0 Å². The summed E-state index contributed by atoms with van der Waals surface area (Å²) >= 11 is 0. The first-order valence-corrected chi connectivity index (χ1v) is 6.07. The van der Waals surface area contributed by atoms with Gasteiger partial charge in [0.05, 0.1) is 5.56 Å². The average Bonchev–Trinajstić information content (AvgIpc) is 2.57. The Morgan fingerprint density at radius 3 is 2.78 bits per heavy atom. The highest BCUT2D eigenvalue weighted by atomic mass is 19.4. The molecule has 1 saturated heterocycles. The van der Waals surface area contributed by atoms with E-state index in [1.807, 2.05) is 0 Å². The molecule has 18 heavy (non-hydrogen) atoms. The van der Waals surface area contributed by atoms with Crippen molar-refractivity contribution in [2.24, 2.45) is 0 Å². The molecular weight excluding hydrogens is 243 g/mol. The van der Waals surface area contributed by atoms with Crippen LogP contribution in [0.5, 0.6) is 0 Å². The minimum Gasteiger partial charge on any atom is -0.382 e. The van der Waals surface area contributed by atoms with Gasteiger partial charge in [0.1, 0.15) is 0 Å². The fraction of sp³-hybridized carbons (Fsp3) is 0.538. The van der Waals surface area contributed by atoms with E-state index in [9.17, 15) is 13.2 Å².